The van der Waals surface area contributed by atoms with Gasteiger partial charge in [-0.15, -0.1) is 0 Å². The van der Waals surface area contributed by atoms with Gasteiger partial charge in [-0.25, -0.2) is 5.43 Å². The number of anilines is 1. The normalized spacial score (nSPS) is 13.5. The van der Waals surface area contributed by atoms with Crippen molar-refractivity contribution in [2.75, 3.05) is 53.6 Å². The molecule has 0 saturated heterocycles. The highest BCUT2D eigenvalue weighted by Gasteiger charge is 2.23. The van der Waals surface area contributed by atoms with E-state index in [9.17, 15) is 9.59 Å². The van der Waals surface area contributed by atoms with E-state index in [4.69, 9.17) is 0 Å². The first-order valence-electron chi connectivity index (χ1n) is 8.22. The van der Waals surface area contributed by atoms with Crippen LogP contribution in [0.15, 0.2) is 35.4 Å². The molecule has 2 N–H and O–H groups in total. The summed E-state index contributed by atoms with van der Waals surface area (Å²) >= 11 is 0. The number of quaternary nitrogens is 1. The maximum absolute atomic E-state index is 12.6. The lowest BCUT2D eigenvalue weighted by Gasteiger charge is -2.23. The Hall–Kier alpha value is -2.25. The minimum Gasteiger partial charge on any atom is -0.325 e. The third-order valence-electron chi connectivity index (χ3n) is 3.38. The van der Waals surface area contributed by atoms with Gasteiger partial charge in [0.05, 0.1) is 27.1 Å². The van der Waals surface area contributed by atoms with Gasteiger partial charge in [0, 0.05) is 17.9 Å². The molecule has 2 amide bonds. The number of carbonyl (C=O) groups is 2. The van der Waals surface area contributed by atoms with E-state index in [2.05, 4.69) is 15.8 Å². The Bertz CT molecular complexity index is 606. The largest absolute Gasteiger partial charge is 0.325 e. The van der Waals surface area contributed by atoms with E-state index in [-0.39, 0.29) is 11.8 Å². The average Bonchev–Trinajstić information content (AvgIpc) is 2.49. The zero-order valence-corrected chi connectivity index (χ0v) is 16.0. The van der Waals surface area contributed by atoms with Crippen LogP contribution in [0, 0.1) is 5.92 Å². The van der Waals surface area contributed by atoms with Gasteiger partial charge in [-0.05, 0) is 33.2 Å². The van der Waals surface area contributed by atoms with Crippen molar-refractivity contribution >= 4 is 23.2 Å². The van der Waals surface area contributed by atoms with Crippen molar-refractivity contribution in [3.05, 3.63) is 30.3 Å². The zero-order chi connectivity index (χ0) is 19.0. The Morgan fingerprint density at radius 2 is 1.76 bits per heavy atom. The molecule has 0 heterocycles. The molecule has 0 aliphatic heterocycles. The summed E-state index contributed by atoms with van der Waals surface area (Å²) in [6, 6.07) is 9.29. The molecule has 1 aromatic rings. The van der Waals surface area contributed by atoms with Crippen LogP contribution in [0.2, 0.25) is 0 Å². The predicted molar refractivity (Wildman–Crippen MR) is 101 cm³/mol. The van der Waals surface area contributed by atoms with Crippen LogP contribution in [0.4, 0.5) is 5.69 Å². The molecule has 0 spiro atoms. The summed E-state index contributed by atoms with van der Waals surface area (Å²) in [5, 5.41) is 7.04. The number of hydrazone groups is 1. The summed E-state index contributed by atoms with van der Waals surface area (Å²) in [6.07, 6.45) is 0. The van der Waals surface area contributed by atoms with E-state index >= 15 is 0 Å². The first kappa shape index (κ1) is 20.8. The molecule has 138 valence electrons. The first-order valence-corrected chi connectivity index (χ1v) is 8.22. The number of nitrogens with zero attached hydrogens (tertiary/aromatic N) is 3. The van der Waals surface area contributed by atoms with Gasteiger partial charge in [0.25, 0.3) is 5.91 Å². The van der Waals surface area contributed by atoms with Crippen LogP contribution in [0.25, 0.3) is 0 Å². The molecule has 0 aromatic heterocycles. The number of benzene rings is 1. The van der Waals surface area contributed by atoms with Crippen molar-refractivity contribution in [1.29, 1.82) is 0 Å². The van der Waals surface area contributed by atoms with Crippen molar-refractivity contribution in [2.45, 2.75) is 6.92 Å². The van der Waals surface area contributed by atoms with Crippen LogP contribution in [0.5, 0.6) is 0 Å². The fraction of sp³-hybridized carbons (Fsp3) is 0.500. The summed E-state index contributed by atoms with van der Waals surface area (Å²) in [7, 11) is 9.58. The Labute approximate surface area is 150 Å². The lowest BCUT2D eigenvalue weighted by molar-refractivity contribution is -0.862. The number of carbonyl (C=O) groups excluding carboxylic acids is 2. The molecule has 0 aliphatic rings. The Balaban J connectivity index is 2.80. The van der Waals surface area contributed by atoms with Gasteiger partial charge in [-0.3, -0.25) is 9.59 Å². The van der Waals surface area contributed by atoms with Crippen LogP contribution in [0.1, 0.15) is 6.92 Å². The molecule has 0 bridgehead atoms. The van der Waals surface area contributed by atoms with Crippen LogP contribution in [-0.2, 0) is 9.59 Å². The van der Waals surface area contributed by atoms with E-state index in [1.807, 2.05) is 70.5 Å². The smallest absolute Gasteiger partial charge is 0.295 e. The summed E-state index contributed by atoms with van der Waals surface area (Å²) < 4.78 is 0.510. The number of para-hydroxylation sites is 1. The zero-order valence-electron chi connectivity index (χ0n) is 16.0. The van der Waals surface area contributed by atoms with Crippen LogP contribution in [0.3, 0.4) is 0 Å². The average molecular weight is 348 g/mol. The van der Waals surface area contributed by atoms with E-state index < -0.39 is 5.92 Å². The molecule has 0 fully saturated rings. The topological polar surface area (TPSA) is 73.8 Å². The lowest BCUT2D eigenvalue weighted by atomic mass is 10.0. The highest BCUT2D eigenvalue weighted by atomic mass is 16.2. The molecule has 25 heavy (non-hydrogen) atoms. The number of rotatable bonds is 8. The van der Waals surface area contributed by atoms with Gasteiger partial charge >= 0.3 is 0 Å². The second-order valence-corrected chi connectivity index (χ2v) is 7.41. The quantitative estimate of drug-likeness (QED) is 0.418. The van der Waals surface area contributed by atoms with Gasteiger partial charge in [0.2, 0.25) is 5.91 Å². The molecule has 0 unspecified atom stereocenters. The fourth-order valence-corrected chi connectivity index (χ4v) is 2.22. The Morgan fingerprint density at radius 3 is 2.28 bits per heavy atom. The molecule has 0 aliphatic carbocycles. The molecule has 0 saturated carbocycles. The van der Waals surface area contributed by atoms with Gasteiger partial charge in [-0.1, -0.05) is 18.2 Å². The Morgan fingerprint density at radius 1 is 1.16 bits per heavy atom. The summed E-state index contributed by atoms with van der Waals surface area (Å²) in [5.74, 6) is -0.791. The first-order chi connectivity index (χ1) is 11.6. The molecule has 1 atom stereocenters. The van der Waals surface area contributed by atoms with Gasteiger partial charge in [-0.2, -0.15) is 5.10 Å². The van der Waals surface area contributed by atoms with E-state index in [0.717, 1.165) is 5.69 Å². The van der Waals surface area contributed by atoms with Crippen molar-refractivity contribution in [3.63, 3.8) is 0 Å². The van der Waals surface area contributed by atoms with Crippen molar-refractivity contribution in [1.82, 2.24) is 10.3 Å². The summed E-state index contributed by atoms with van der Waals surface area (Å²) in [4.78, 5) is 26.5. The standard InChI is InChI=1S/C18H29N5O2/c1-14(20-21-17(24)13-23(4,5)6)16(12-22(2)3)18(25)19-15-10-8-7-9-11-15/h7-11,16H,12-13H2,1-6H3,(H-,19,21,24,25)/p+1/b20-14+/t16-/m1/s1. The third kappa shape index (κ3) is 8.42. The second kappa shape index (κ2) is 9.29. The second-order valence-electron chi connectivity index (χ2n) is 7.41. The number of likely N-dealkylation sites (N-methyl/N-ethyl adjacent to an activating group) is 1. The van der Waals surface area contributed by atoms with Gasteiger partial charge in [0.15, 0.2) is 6.54 Å². The van der Waals surface area contributed by atoms with Gasteiger partial charge < -0.3 is 14.7 Å². The maximum Gasteiger partial charge on any atom is 0.295 e. The highest BCUT2D eigenvalue weighted by Crippen LogP contribution is 2.10. The molecule has 0 radical (unpaired) electrons. The number of hydrogen-bond donors (Lipinski definition) is 2. The molecule has 7 nitrogen and oxygen atoms in total. The molecular formula is C18H30N5O2+. The fourth-order valence-electron chi connectivity index (χ4n) is 2.22. The third-order valence-corrected chi connectivity index (χ3v) is 3.38. The van der Waals surface area contributed by atoms with E-state index in [1.165, 1.54) is 0 Å². The SMILES string of the molecule is C/C(=N\NC(=O)C[N+](C)(C)C)[C@@H](CN(C)C)C(=O)Nc1ccccc1. The van der Waals surface area contributed by atoms with E-state index in [1.54, 1.807) is 6.92 Å². The molecule has 7 heteroatoms. The number of hydrogen-bond acceptors (Lipinski definition) is 4. The van der Waals surface area contributed by atoms with Crippen LogP contribution < -0.4 is 10.7 Å². The van der Waals surface area contributed by atoms with Gasteiger partial charge in [0.1, 0.15) is 0 Å². The van der Waals surface area contributed by atoms with Crippen LogP contribution in [-0.4, -0.2) is 75.2 Å². The van der Waals surface area contributed by atoms with Crippen LogP contribution >= 0.6 is 0 Å². The molecule has 1 aromatic carbocycles. The maximum atomic E-state index is 12.6. The number of amides is 2. The summed E-state index contributed by atoms with van der Waals surface area (Å²) in [5.41, 5.74) is 3.85. The van der Waals surface area contributed by atoms with Crippen molar-refractivity contribution in [3.8, 4) is 0 Å². The monoisotopic (exact) mass is 348 g/mol. The van der Waals surface area contributed by atoms with Crippen molar-refractivity contribution < 1.29 is 14.1 Å². The molecule has 1 rings (SSSR count). The summed E-state index contributed by atoms with van der Waals surface area (Å²) in [6.45, 7) is 2.56. The minimum atomic E-state index is -0.459. The predicted octanol–water partition coefficient (Wildman–Crippen LogP) is 1.00. The minimum absolute atomic E-state index is 0.151. The number of nitrogens with one attached hydrogen (secondary N) is 2. The van der Waals surface area contributed by atoms with Crippen molar-refractivity contribution in [2.24, 2.45) is 11.0 Å². The Kier molecular flexibility index (Phi) is 7.73. The lowest BCUT2D eigenvalue weighted by Crippen LogP contribution is -2.43. The molecular weight excluding hydrogens is 318 g/mol. The highest BCUT2D eigenvalue weighted by molar-refractivity contribution is 6.08. The van der Waals surface area contributed by atoms with E-state index in [0.29, 0.717) is 23.3 Å².